The number of carbonyl (C=O) groups excluding carboxylic acids is 2. The Kier molecular flexibility index (Phi) is 6.18. The number of benzene rings is 1. The number of hydrogen-bond acceptors (Lipinski definition) is 3. The highest BCUT2D eigenvalue weighted by atomic mass is 16.2. The Balaban J connectivity index is 2.71. The van der Waals surface area contributed by atoms with Crippen LogP contribution in [-0.2, 0) is 4.79 Å². The van der Waals surface area contributed by atoms with Crippen LogP contribution in [0, 0.1) is 5.92 Å². The van der Waals surface area contributed by atoms with Gasteiger partial charge in [-0.05, 0) is 37.6 Å². The molecule has 3 N–H and O–H groups in total. The van der Waals surface area contributed by atoms with Crippen LogP contribution in [-0.4, -0.2) is 37.4 Å². The van der Waals surface area contributed by atoms with Crippen molar-refractivity contribution in [1.29, 1.82) is 0 Å². The van der Waals surface area contributed by atoms with Crippen molar-refractivity contribution in [2.45, 2.75) is 19.8 Å². The Morgan fingerprint density at radius 2 is 2.05 bits per heavy atom. The van der Waals surface area contributed by atoms with Gasteiger partial charge in [0.2, 0.25) is 5.91 Å². The zero-order chi connectivity index (χ0) is 15.1. The second kappa shape index (κ2) is 7.65. The minimum Gasteiger partial charge on any atom is -0.345 e. The van der Waals surface area contributed by atoms with Crippen LogP contribution >= 0.6 is 0 Å². The van der Waals surface area contributed by atoms with Gasteiger partial charge in [-0.1, -0.05) is 13.0 Å². The van der Waals surface area contributed by atoms with Gasteiger partial charge in [0.1, 0.15) is 0 Å². The molecule has 1 aromatic carbocycles. The van der Waals surface area contributed by atoms with Gasteiger partial charge in [0.25, 0.3) is 5.91 Å². The number of nitrogens with one attached hydrogen (secondary N) is 1. The number of anilines is 1. The van der Waals surface area contributed by atoms with Gasteiger partial charge in [0.05, 0.1) is 0 Å². The molecule has 0 saturated heterocycles. The molecule has 1 atom stereocenters. The zero-order valence-corrected chi connectivity index (χ0v) is 12.3. The van der Waals surface area contributed by atoms with Crippen LogP contribution in [0.4, 0.5) is 5.69 Å². The molecule has 0 heterocycles. The molecule has 5 heteroatoms. The summed E-state index contributed by atoms with van der Waals surface area (Å²) in [4.78, 5) is 25.3. The molecule has 0 aliphatic heterocycles. The number of hydrogen-bond donors (Lipinski definition) is 2. The first-order valence-corrected chi connectivity index (χ1v) is 6.78. The van der Waals surface area contributed by atoms with Crippen molar-refractivity contribution < 1.29 is 9.59 Å². The van der Waals surface area contributed by atoms with Gasteiger partial charge in [-0.3, -0.25) is 9.59 Å². The summed E-state index contributed by atoms with van der Waals surface area (Å²) in [6, 6.07) is 6.96. The van der Waals surface area contributed by atoms with E-state index in [0.717, 1.165) is 12.8 Å². The third-order valence-corrected chi connectivity index (χ3v) is 3.07. The minimum atomic E-state index is -0.0910. The summed E-state index contributed by atoms with van der Waals surface area (Å²) in [5, 5.41) is 2.83. The van der Waals surface area contributed by atoms with Gasteiger partial charge in [0.15, 0.2) is 0 Å². The lowest BCUT2D eigenvalue weighted by atomic mass is 10.0. The van der Waals surface area contributed by atoms with E-state index in [0.29, 0.717) is 17.8 Å². The molecule has 0 saturated carbocycles. The fraction of sp³-hybridized carbons (Fsp3) is 0.467. The Morgan fingerprint density at radius 1 is 1.35 bits per heavy atom. The van der Waals surface area contributed by atoms with Gasteiger partial charge in [0, 0.05) is 31.3 Å². The first kappa shape index (κ1) is 16.2. The summed E-state index contributed by atoms with van der Waals surface area (Å²) in [6.07, 6.45) is 1.59. The van der Waals surface area contributed by atoms with Crippen LogP contribution in [0.1, 0.15) is 30.1 Å². The van der Waals surface area contributed by atoms with Crippen molar-refractivity contribution in [3.63, 3.8) is 0 Å². The number of carbonyl (C=O) groups is 2. The van der Waals surface area contributed by atoms with E-state index in [1.165, 1.54) is 4.90 Å². The molecular weight excluding hydrogens is 254 g/mol. The summed E-state index contributed by atoms with van der Waals surface area (Å²) in [5.41, 5.74) is 6.64. The van der Waals surface area contributed by atoms with Gasteiger partial charge in [-0.2, -0.15) is 0 Å². The maximum atomic E-state index is 12.0. The van der Waals surface area contributed by atoms with E-state index in [1.54, 1.807) is 38.4 Å². The molecule has 5 nitrogen and oxygen atoms in total. The number of rotatable bonds is 6. The van der Waals surface area contributed by atoms with Crippen LogP contribution in [0.15, 0.2) is 24.3 Å². The lowest BCUT2D eigenvalue weighted by Crippen LogP contribution is -2.23. The molecule has 0 aliphatic rings. The largest absolute Gasteiger partial charge is 0.345 e. The predicted octanol–water partition coefficient (Wildman–Crippen LogP) is 1.70. The first-order chi connectivity index (χ1) is 9.45. The van der Waals surface area contributed by atoms with E-state index in [1.807, 2.05) is 6.92 Å². The van der Waals surface area contributed by atoms with Crippen LogP contribution in [0.25, 0.3) is 0 Å². The summed E-state index contributed by atoms with van der Waals surface area (Å²) in [5.74, 6) is -0.225. The summed E-state index contributed by atoms with van der Waals surface area (Å²) >= 11 is 0. The molecule has 1 unspecified atom stereocenters. The standard InChI is InChI=1S/C15H23N3O2/c1-11(6-5-9-16)14(19)17-13-8-4-7-12(10-13)15(20)18(2)3/h4,7-8,10-11H,5-6,9,16H2,1-3H3,(H,17,19). The van der Waals surface area contributed by atoms with E-state index in [9.17, 15) is 9.59 Å². The van der Waals surface area contributed by atoms with Crippen molar-refractivity contribution in [3.8, 4) is 0 Å². The Labute approximate surface area is 120 Å². The number of nitrogens with two attached hydrogens (primary N) is 1. The van der Waals surface area contributed by atoms with Gasteiger partial charge in [-0.15, -0.1) is 0 Å². The summed E-state index contributed by atoms with van der Waals surface area (Å²) in [6.45, 7) is 2.46. The van der Waals surface area contributed by atoms with E-state index in [-0.39, 0.29) is 17.7 Å². The smallest absolute Gasteiger partial charge is 0.253 e. The molecule has 0 aromatic heterocycles. The topological polar surface area (TPSA) is 75.4 Å². The third-order valence-electron chi connectivity index (χ3n) is 3.07. The lowest BCUT2D eigenvalue weighted by Gasteiger charge is -2.14. The van der Waals surface area contributed by atoms with E-state index >= 15 is 0 Å². The molecule has 0 bridgehead atoms. The molecular formula is C15H23N3O2. The van der Waals surface area contributed by atoms with E-state index in [2.05, 4.69) is 5.32 Å². The van der Waals surface area contributed by atoms with Gasteiger partial charge in [-0.25, -0.2) is 0 Å². The molecule has 2 amide bonds. The SMILES string of the molecule is CC(CCCN)C(=O)Nc1cccc(C(=O)N(C)C)c1. The van der Waals surface area contributed by atoms with Gasteiger partial charge < -0.3 is 16.0 Å². The van der Waals surface area contributed by atoms with Crippen molar-refractivity contribution in [2.75, 3.05) is 26.0 Å². The Bertz CT molecular complexity index is 472. The zero-order valence-electron chi connectivity index (χ0n) is 12.3. The molecule has 0 fully saturated rings. The summed E-state index contributed by atoms with van der Waals surface area (Å²) in [7, 11) is 3.39. The molecule has 0 radical (unpaired) electrons. The molecule has 0 aliphatic carbocycles. The second-order valence-electron chi connectivity index (χ2n) is 5.10. The monoisotopic (exact) mass is 277 g/mol. The average Bonchev–Trinajstić information content (AvgIpc) is 2.43. The lowest BCUT2D eigenvalue weighted by molar-refractivity contribution is -0.119. The molecule has 20 heavy (non-hydrogen) atoms. The maximum absolute atomic E-state index is 12.0. The van der Waals surface area contributed by atoms with Crippen molar-refractivity contribution in [1.82, 2.24) is 4.90 Å². The predicted molar refractivity (Wildman–Crippen MR) is 80.5 cm³/mol. The highest BCUT2D eigenvalue weighted by molar-refractivity contribution is 5.97. The second-order valence-corrected chi connectivity index (χ2v) is 5.10. The quantitative estimate of drug-likeness (QED) is 0.831. The van der Waals surface area contributed by atoms with Crippen LogP contribution in [0.3, 0.4) is 0 Å². The third kappa shape index (κ3) is 4.66. The molecule has 1 rings (SSSR count). The molecule has 0 spiro atoms. The van der Waals surface area contributed by atoms with Crippen LogP contribution < -0.4 is 11.1 Å². The number of amides is 2. The van der Waals surface area contributed by atoms with Gasteiger partial charge >= 0.3 is 0 Å². The van der Waals surface area contributed by atoms with Crippen LogP contribution in [0.2, 0.25) is 0 Å². The highest BCUT2D eigenvalue weighted by Gasteiger charge is 2.13. The Morgan fingerprint density at radius 3 is 2.65 bits per heavy atom. The van der Waals surface area contributed by atoms with Crippen molar-refractivity contribution >= 4 is 17.5 Å². The Hall–Kier alpha value is -1.88. The van der Waals surface area contributed by atoms with Crippen LogP contribution in [0.5, 0.6) is 0 Å². The summed E-state index contributed by atoms with van der Waals surface area (Å²) < 4.78 is 0. The normalized spacial score (nSPS) is 11.8. The fourth-order valence-electron chi connectivity index (χ4n) is 1.81. The molecule has 110 valence electrons. The number of nitrogens with zero attached hydrogens (tertiary/aromatic N) is 1. The minimum absolute atomic E-state index is 0.0482. The van der Waals surface area contributed by atoms with E-state index < -0.39 is 0 Å². The van der Waals surface area contributed by atoms with E-state index in [4.69, 9.17) is 5.73 Å². The highest BCUT2D eigenvalue weighted by Crippen LogP contribution is 2.14. The van der Waals surface area contributed by atoms with Crippen molar-refractivity contribution in [3.05, 3.63) is 29.8 Å². The first-order valence-electron chi connectivity index (χ1n) is 6.78. The fourth-order valence-corrected chi connectivity index (χ4v) is 1.81. The maximum Gasteiger partial charge on any atom is 0.253 e. The average molecular weight is 277 g/mol. The molecule has 1 aromatic rings. The van der Waals surface area contributed by atoms with Crippen molar-refractivity contribution in [2.24, 2.45) is 11.7 Å².